The summed E-state index contributed by atoms with van der Waals surface area (Å²) >= 11 is 0. The molecule has 1 saturated heterocycles. The minimum absolute atomic E-state index is 0.197. The third kappa shape index (κ3) is 2.89. The van der Waals surface area contributed by atoms with Gasteiger partial charge in [0.05, 0.1) is 24.9 Å². The molecule has 5 N–H and O–H groups in total. The second-order valence-corrected chi connectivity index (χ2v) is 3.54. The average Bonchev–Trinajstić information content (AvgIpc) is 2.28. The first-order valence-corrected chi connectivity index (χ1v) is 4.51. The van der Waals surface area contributed by atoms with Crippen molar-refractivity contribution in [2.75, 3.05) is 19.7 Å². The Kier molecular flexibility index (Phi) is 4.08. The van der Waals surface area contributed by atoms with Crippen LogP contribution in [-0.2, 0) is 0 Å². The smallest absolute Gasteiger partial charge is 0.0923 e. The maximum absolute atomic E-state index is 9.39. The second-order valence-electron chi connectivity index (χ2n) is 3.54. The van der Waals surface area contributed by atoms with Crippen molar-refractivity contribution in [1.82, 2.24) is 5.32 Å². The molecule has 0 aromatic carbocycles. The lowest BCUT2D eigenvalue weighted by atomic mass is 9.95. The lowest BCUT2D eigenvalue weighted by molar-refractivity contribution is -0.00681. The van der Waals surface area contributed by atoms with E-state index in [0.717, 1.165) is 0 Å². The Balaban J connectivity index is 2.48. The van der Waals surface area contributed by atoms with E-state index in [4.69, 9.17) is 5.11 Å². The molecule has 4 atom stereocenters. The zero-order valence-electron chi connectivity index (χ0n) is 7.43. The van der Waals surface area contributed by atoms with E-state index in [1.54, 1.807) is 0 Å². The topological polar surface area (TPSA) is 93.0 Å². The standard InChI is InChI=1S/C8H17NO4/c10-4-8(13)5-1-6(11)7(12)3-9-2-5/h5-13H,1-4H2/t5-,6-,7+,8+/m0/s1. The molecule has 1 aliphatic heterocycles. The summed E-state index contributed by atoms with van der Waals surface area (Å²) in [5, 5.41) is 39.6. The molecule has 1 fully saturated rings. The maximum atomic E-state index is 9.39. The van der Waals surface area contributed by atoms with E-state index in [-0.39, 0.29) is 12.5 Å². The fraction of sp³-hybridized carbons (Fsp3) is 1.00. The number of aliphatic hydroxyl groups is 4. The molecule has 0 unspecified atom stereocenters. The fourth-order valence-corrected chi connectivity index (χ4v) is 1.55. The Morgan fingerprint density at radius 3 is 2.54 bits per heavy atom. The summed E-state index contributed by atoms with van der Waals surface area (Å²) in [5.41, 5.74) is 0. The van der Waals surface area contributed by atoms with Gasteiger partial charge in [0, 0.05) is 19.0 Å². The van der Waals surface area contributed by atoms with Crippen LogP contribution in [-0.4, -0.2) is 58.4 Å². The Bertz CT molecular complexity index is 155. The van der Waals surface area contributed by atoms with Gasteiger partial charge in [-0.25, -0.2) is 0 Å². The van der Waals surface area contributed by atoms with Gasteiger partial charge in [-0.1, -0.05) is 0 Å². The summed E-state index contributed by atoms with van der Waals surface area (Å²) in [6.45, 7) is 0.529. The van der Waals surface area contributed by atoms with Crippen LogP contribution in [0.25, 0.3) is 0 Å². The average molecular weight is 191 g/mol. The van der Waals surface area contributed by atoms with Crippen molar-refractivity contribution < 1.29 is 20.4 Å². The number of β-amino-alcohol motifs (C(OH)–C–C–N with tert-alkyl or cyclic N) is 1. The molecule has 1 heterocycles. The third-order valence-electron chi connectivity index (χ3n) is 2.48. The molecule has 0 saturated carbocycles. The van der Waals surface area contributed by atoms with Crippen molar-refractivity contribution in [3.05, 3.63) is 0 Å². The molecule has 1 rings (SSSR count). The summed E-state index contributed by atoms with van der Waals surface area (Å²) in [4.78, 5) is 0. The molecule has 0 radical (unpaired) electrons. The predicted octanol–water partition coefficient (Wildman–Crippen LogP) is -2.33. The Labute approximate surface area is 77.0 Å². The van der Waals surface area contributed by atoms with Crippen LogP contribution in [0.5, 0.6) is 0 Å². The highest BCUT2D eigenvalue weighted by atomic mass is 16.3. The van der Waals surface area contributed by atoms with Crippen LogP contribution in [0.2, 0.25) is 0 Å². The third-order valence-corrected chi connectivity index (χ3v) is 2.48. The molecule has 1 aliphatic rings. The van der Waals surface area contributed by atoms with E-state index < -0.39 is 18.3 Å². The second kappa shape index (κ2) is 4.88. The van der Waals surface area contributed by atoms with E-state index in [1.165, 1.54) is 0 Å². The zero-order chi connectivity index (χ0) is 9.84. The van der Waals surface area contributed by atoms with E-state index in [0.29, 0.717) is 19.5 Å². The summed E-state index contributed by atoms with van der Waals surface area (Å²) in [6, 6.07) is 0. The summed E-state index contributed by atoms with van der Waals surface area (Å²) in [6.07, 6.45) is -2.11. The summed E-state index contributed by atoms with van der Waals surface area (Å²) in [5.74, 6) is -0.197. The van der Waals surface area contributed by atoms with Crippen LogP contribution in [0.1, 0.15) is 6.42 Å². The van der Waals surface area contributed by atoms with Gasteiger partial charge >= 0.3 is 0 Å². The Morgan fingerprint density at radius 1 is 1.23 bits per heavy atom. The van der Waals surface area contributed by atoms with Crippen LogP contribution in [0, 0.1) is 5.92 Å². The highest BCUT2D eigenvalue weighted by Crippen LogP contribution is 2.15. The first-order valence-electron chi connectivity index (χ1n) is 4.51. The molecule has 0 aliphatic carbocycles. The van der Waals surface area contributed by atoms with Gasteiger partial charge in [-0.3, -0.25) is 0 Å². The number of hydrogen-bond donors (Lipinski definition) is 5. The first-order chi connectivity index (χ1) is 6.15. The maximum Gasteiger partial charge on any atom is 0.0923 e. The number of rotatable bonds is 2. The van der Waals surface area contributed by atoms with Crippen molar-refractivity contribution in [2.24, 2.45) is 5.92 Å². The monoisotopic (exact) mass is 191 g/mol. The molecular weight excluding hydrogens is 174 g/mol. The van der Waals surface area contributed by atoms with Crippen molar-refractivity contribution >= 4 is 0 Å². The molecule has 5 nitrogen and oxygen atoms in total. The van der Waals surface area contributed by atoms with Gasteiger partial charge in [0.1, 0.15) is 0 Å². The van der Waals surface area contributed by atoms with Crippen LogP contribution in [0.3, 0.4) is 0 Å². The van der Waals surface area contributed by atoms with E-state index in [2.05, 4.69) is 5.32 Å². The van der Waals surface area contributed by atoms with Gasteiger partial charge in [-0.2, -0.15) is 0 Å². The molecule has 0 aromatic rings. The predicted molar refractivity (Wildman–Crippen MR) is 46.1 cm³/mol. The number of nitrogens with one attached hydrogen (secondary N) is 1. The molecule has 0 spiro atoms. The van der Waals surface area contributed by atoms with Crippen molar-refractivity contribution in [3.8, 4) is 0 Å². The van der Waals surface area contributed by atoms with Gasteiger partial charge < -0.3 is 25.7 Å². The number of aliphatic hydroxyl groups excluding tert-OH is 4. The lowest BCUT2D eigenvalue weighted by Crippen LogP contribution is -2.32. The Hall–Kier alpha value is -0.200. The van der Waals surface area contributed by atoms with Gasteiger partial charge in [-0.05, 0) is 6.42 Å². The van der Waals surface area contributed by atoms with Crippen molar-refractivity contribution in [2.45, 2.75) is 24.7 Å². The Morgan fingerprint density at radius 2 is 1.92 bits per heavy atom. The highest BCUT2D eigenvalue weighted by Gasteiger charge is 2.28. The SMILES string of the molecule is OC[C@@H](O)[C@@H]1CNC[C@@H](O)[C@@H](O)C1. The molecule has 0 amide bonds. The van der Waals surface area contributed by atoms with Crippen LogP contribution in [0.15, 0.2) is 0 Å². The van der Waals surface area contributed by atoms with Gasteiger partial charge in [0.2, 0.25) is 0 Å². The van der Waals surface area contributed by atoms with Crippen molar-refractivity contribution in [1.29, 1.82) is 0 Å². The fourth-order valence-electron chi connectivity index (χ4n) is 1.55. The molecule has 0 bridgehead atoms. The quantitative estimate of drug-likeness (QED) is 0.337. The number of hydrogen-bond acceptors (Lipinski definition) is 5. The molecule has 5 heteroatoms. The first kappa shape index (κ1) is 10.9. The minimum atomic E-state index is -0.826. The van der Waals surface area contributed by atoms with E-state index in [1.807, 2.05) is 0 Å². The minimum Gasteiger partial charge on any atom is -0.394 e. The summed E-state index contributed by atoms with van der Waals surface area (Å²) in [7, 11) is 0. The zero-order valence-corrected chi connectivity index (χ0v) is 7.43. The molecule has 0 aromatic heterocycles. The van der Waals surface area contributed by atoms with E-state index >= 15 is 0 Å². The summed E-state index contributed by atoms with van der Waals surface area (Å²) < 4.78 is 0. The molecule has 13 heavy (non-hydrogen) atoms. The normalized spacial score (nSPS) is 38.3. The van der Waals surface area contributed by atoms with Crippen molar-refractivity contribution in [3.63, 3.8) is 0 Å². The largest absolute Gasteiger partial charge is 0.394 e. The van der Waals surface area contributed by atoms with Gasteiger partial charge in [0.15, 0.2) is 0 Å². The van der Waals surface area contributed by atoms with E-state index in [9.17, 15) is 15.3 Å². The molecular formula is C8H17NO4. The highest BCUT2D eigenvalue weighted by molar-refractivity contribution is 4.82. The van der Waals surface area contributed by atoms with Crippen LogP contribution >= 0.6 is 0 Å². The molecule has 78 valence electrons. The van der Waals surface area contributed by atoms with Crippen LogP contribution in [0.4, 0.5) is 0 Å². The van der Waals surface area contributed by atoms with Gasteiger partial charge in [-0.15, -0.1) is 0 Å². The van der Waals surface area contributed by atoms with Gasteiger partial charge in [0.25, 0.3) is 0 Å². The lowest BCUT2D eigenvalue weighted by Gasteiger charge is -2.21. The van der Waals surface area contributed by atoms with Crippen LogP contribution < -0.4 is 5.32 Å².